The molecular formula is C21H26FN7O2S. The maximum Gasteiger partial charge on any atom is 0.237 e. The molecule has 1 aliphatic heterocycles. The fourth-order valence-electron chi connectivity index (χ4n) is 3.54. The van der Waals surface area contributed by atoms with Gasteiger partial charge in [-0.2, -0.15) is 5.10 Å². The van der Waals surface area contributed by atoms with Crippen LogP contribution in [0.1, 0.15) is 18.3 Å². The molecule has 0 aliphatic carbocycles. The molecule has 11 heteroatoms. The van der Waals surface area contributed by atoms with Crippen LogP contribution in [0.15, 0.2) is 29.4 Å². The van der Waals surface area contributed by atoms with Gasteiger partial charge in [0.1, 0.15) is 5.82 Å². The van der Waals surface area contributed by atoms with E-state index in [1.54, 1.807) is 28.3 Å². The highest BCUT2D eigenvalue weighted by atomic mass is 32.2. The summed E-state index contributed by atoms with van der Waals surface area (Å²) >= 11 is 1.27. The maximum absolute atomic E-state index is 14.0. The first-order valence-corrected chi connectivity index (χ1v) is 11.2. The number of aryl methyl sites for hydroxylation is 2. The van der Waals surface area contributed by atoms with Crippen LogP contribution in [0, 0.1) is 19.7 Å². The smallest absolute Gasteiger partial charge is 0.237 e. The highest BCUT2D eigenvalue weighted by molar-refractivity contribution is 8.00. The summed E-state index contributed by atoms with van der Waals surface area (Å²) in [5.74, 6) is 0.0808. The van der Waals surface area contributed by atoms with E-state index in [1.807, 2.05) is 20.9 Å². The Morgan fingerprint density at radius 1 is 1.25 bits per heavy atom. The minimum Gasteiger partial charge on any atom is -0.378 e. The zero-order valence-electron chi connectivity index (χ0n) is 18.5. The van der Waals surface area contributed by atoms with Crippen LogP contribution in [-0.2, 0) is 16.6 Å². The molecule has 0 unspecified atom stereocenters. The molecule has 0 bridgehead atoms. The van der Waals surface area contributed by atoms with Gasteiger partial charge in [-0.05, 0) is 39.0 Å². The van der Waals surface area contributed by atoms with Crippen LogP contribution in [0.4, 0.5) is 16.0 Å². The molecule has 1 aromatic carbocycles. The van der Waals surface area contributed by atoms with Gasteiger partial charge in [0.05, 0.1) is 41.2 Å². The van der Waals surface area contributed by atoms with Crippen molar-refractivity contribution in [1.29, 1.82) is 0 Å². The van der Waals surface area contributed by atoms with Crippen LogP contribution in [0.3, 0.4) is 0 Å². The van der Waals surface area contributed by atoms with Crippen molar-refractivity contribution in [2.45, 2.75) is 31.2 Å². The Hall–Kier alpha value is -2.92. The molecule has 4 rings (SSSR count). The molecule has 1 saturated heterocycles. The van der Waals surface area contributed by atoms with E-state index in [9.17, 15) is 9.18 Å². The second-order valence-electron chi connectivity index (χ2n) is 7.62. The highest BCUT2D eigenvalue weighted by Crippen LogP contribution is 2.31. The fourth-order valence-corrected chi connectivity index (χ4v) is 4.40. The van der Waals surface area contributed by atoms with Crippen molar-refractivity contribution in [2.75, 3.05) is 36.5 Å². The number of thioether (sulfide) groups is 1. The van der Waals surface area contributed by atoms with Gasteiger partial charge in [0.25, 0.3) is 0 Å². The summed E-state index contributed by atoms with van der Waals surface area (Å²) in [6.45, 7) is 8.06. The summed E-state index contributed by atoms with van der Waals surface area (Å²) in [5, 5.41) is 16.1. The molecule has 1 atom stereocenters. The molecule has 2 aromatic heterocycles. The second kappa shape index (κ2) is 9.29. The van der Waals surface area contributed by atoms with Gasteiger partial charge in [-0.15, -0.1) is 10.2 Å². The third-order valence-electron chi connectivity index (χ3n) is 5.39. The van der Waals surface area contributed by atoms with Crippen molar-refractivity contribution in [3.63, 3.8) is 0 Å². The average Bonchev–Trinajstić information content (AvgIpc) is 3.30. The lowest BCUT2D eigenvalue weighted by Gasteiger charge is -2.28. The zero-order chi connectivity index (χ0) is 22.8. The van der Waals surface area contributed by atoms with Gasteiger partial charge in [0.2, 0.25) is 11.9 Å². The number of aromatic nitrogens is 5. The molecule has 1 aliphatic rings. The Morgan fingerprint density at radius 3 is 2.66 bits per heavy atom. The van der Waals surface area contributed by atoms with Crippen molar-refractivity contribution < 1.29 is 13.9 Å². The molecule has 32 heavy (non-hydrogen) atoms. The van der Waals surface area contributed by atoms with Crippen LogP contribution in [0.2, 0.25) is 0 Å². The van der Waals surface area contributed by atoms with Crippen molar-refractivity contribution in [3.8, 4) is 5.69 Å². The minimum absolute atomic E-state index is 0.170. The molecule has 1 N–H and O–H groups in total. The number of rotatable bonds is 6. The van der Waals surface area contributed by atoms with Crippen molar-refractivity contribution in [2.24, 2.45) is 7.05 Å². The highest BCUT2D eigenvalue weighted by Gasteiger charge is 2.26. The normalized spacial score (nSPS) is 15.1. The zero-order valence-corrected chi connectivity index (χ0v) is 19.3. The number of hydrogen-bond acceptors (Lipinski definition) is 7. The average molecular weight is 460 g/mol. The van der Waals surface area contributed by atoms with Crippen LogP contribution in [0.5, 0.6) is 0 Å². The molecule has 3 heterocycles. The third kappa shape index (κ3) is 4.49. The quantitative estimate of drug-likeness (QED) is 0.567. The Kier molecular flexibility index (Phi) is 6.47. The van der Waals surface area contributed by atoms with Gasteiger partial charge in [-0.25, -0.2) is 4.39 Å². The van der Waals surface area contributed by atoms with E-state index < -0.39 is 5.25 Å². The lowest BCUT2D eigenvalue weighted by molar-refractivity contribution is -0.115. The van der Waals surface area contributed by atoms with Crippen LogP contribution in [0.25, 0.3) is 5.69 Å². The number of carbonyl (C=O) groups excluding carboxylic acids is 1. The van der Waals surface area contributed by atoms with Crippen LogP contribution >= 0.6 is 11.8 Å². The van der Waals surface area contributed by atoms with Gasteiger partial charge in [-0.3, -0.25) is 14.0 Å². The second-order valence-corrected chi connectivity index (χ2v) is 8.92. The number of carbonyl (C=O) groups is 1. The first-order valence-electron chi connectivity index (χ1n) is 10.4. The molecule has 0 saturated carbocycles. The fraction of sp³-hybridized carbons (Fsp3) is 0.429. The maximum atomic E-state index is 14.0. The van der Waals surface area contributed by atoms with E-state index in [2.05, 4.69) is 25.5 Å². The summed E-state index contributed by atoms with van der Waals surface area (Å²) < 4.78 is 23.0. The molecule has 0 spiro atoms. The van der Waals surface area contributed by atoms with E-state index in [-0.39, 0.29) is 11.7 Å². The monoisotopic (exact) mass is 459 g/mol. The number of halogens is 1. The molecule has 1 amide bonds. The van der Waals surface area contributed by atoms with Crippen LogP contribution in [-0.4, -0.2) is 62.0 Å². The summed E-state index contributed by atoms with van der Waals surface area (Å²) in [6, 6.07) is 6.27. The van der Waals surface area contributed by atoms with Gasteiger partial charge >= 0.3 is 0 Å². The van der Waals surface area contributed by atoms with Crippen molar-refractivity contribution >= 4 is 29.3 Å². The summed E-state index contributed by atoms with van der Waals surface area (Å²) in [7, 11) is 1.84. The number of nitrogens with one attached hydrogen (secondary N) is 1. The van der Waals surface area contributed by atoms with E-state index >= 15 is 0 Å². The Morgan fingerprint density at radius 2 is 2.00 bits per heavy atom. The minimum atomic E-state index is -0.469. The number of hydrogen-bond donors (Lipinski definition) is 1. The van der Waals surface area contributed by atoms with E-state index in [0.717, 1.165) is 11.4 Å². The molecule has 3 aromatic rings. The van der Waals surface area contributed by atoms with E-state index in [1.165, 1.54) is 23.9 Å². The van der Waals surface area contributed by atoms with Crippen LogP contribution < -0.4 is 10.2 Å². The summed E-state index contributed by atoms with van der Waals surface area (Å²) in [5.41, 5.74) is 2.95. The number of nitrogens with zero attached hydrogens (tertiary/aromatic N) is 6. The molecule has 170 valence electrons. The summed E-state index contributed by atoms with van der Waals surface area (Å²) in [4.78, 5) is 15.0. The topological polar surface area (TPSA) is 90.1 Å². The third-order valence-corrected chi connectivity index (χ3v) is 6.43. The van der Waals surface area contributed by atoms with Crippen molar-refractivity contribution in [3.05, 3.63) is 41.5 Å². The van der Waals surface area contributed by atoms with Crippen molar-refractivity contribution in [1.82, 2.24) is 24.5 Å². The Bertz CT molecular complexity index is 1120. The Balaban J connectivity index is 1.61. The van der Waals surface area contributed by atoms with E-state index in [0.29, 0.717) is 48.8 Å². The lowest BCUT2D eigenvalue weighted by atomic mass is 10.3. The van der Waals surface area contributed by atoms with Gasteiger partial charge in [0, 0.05) is 20.1 Å². The van der Waals surface area contributed by atoms with E-state index in [4.69, 9.17) is 4.74 Å². The molecule has 0 radical (unpaired) electrons. The number of amides is 1. The van der Waals surface area contributed by atoms with Gasteiger partial charge in [-0.1, -0.05) is 17.8 Å². The number of anilines is 2. The molecule has 1 fully saturated rings. The number of ether oxygens (including phenoxy) is 1. The SMILES string of the molecule is Cc1nn(C)c(C)c1NC(=O)[C@@H](C)Sc1nnc(N2CCOCC2)n1-c1cccc(F)c1. The number of benzene rings is 1. The largest absolute Gasteiger partial charge is 0.378 e. The number of morpholine rings is 1. The lowest BCUT2D eigenvalue weighted by Crippen LogP contribution is -2.38. The summed E-state index contributed by atoms with van der Waals surface area (Å²) in [6.07, 6.45) is 0. The van der Waals surface area contributed by atoms with Gasteiger partial charge < -0.3 is 15.0 Å². The standard InChI is InChI=1S/C21H26FN7O2S/c1-13-18(14(2)27(4)26-13)23-19(30)15(3)32-21-25-24-20(28-8-10-31-11-9-28)29(21)17-7-5-6-16(22)12-17/h5-7,12,15H,8-11H2,1-4H3,(H,23,30)/t15-/m1/s1. The first kappa shape index (κ1) is 22.3. The van der Waals surface area contributed by atoms with Gasteiger partial charge in [0.15, 0.2) is 5.16 Å². The predicted octanol–water partition coefficient (Wildman–Crippen LogP) is 2.71. The predicted molar refractivity (Wildman–Crippen MR) is 121 cm³/mol. The first-order chi connectivity index (χ1) is 15.3. The molecule has 9 nitrogen and oxygen atoms in total. The Labute approximate surface area is 189 Å². The molecular weight excluding hydrogens is 433 g/mol.